The van der Waals surface area contributed by atoms with Gasteiger partial charge in [-0.05, 0) is 0 Å². The first-order chi connectivity index (χ1) is 0. The minimum absolute atomic E-state index is 0. The monoisotopic (exact) mass is 546 g/mol. The van der Waals surface area contributed by atoms with Crippen molar-refractivity contribution < 1.29 is 123 Å². The molecule has 0 aromatic carbocycles. The molecule has 0 aliphatic rings. The van der Waals surface area contributed by atoms with Crippen LogP contribution in [0.5, 0.6) is 0 Å². The van der Waals surface area contributed by atoms with Crippen molar-refractivity contribution in [1.29, 1.82) is 0 Å². The Hall–Kier alpha value is 4.85. The Kier molecular flexibility index (Phi) is 90.8. The molecule has 0 unspecified atom stereocenters. The van der Waals surface area contributed by atoms with E-state index in [0.717, 1.165) is 0 Å². The van der Waals surface area contributed by atoms with E-state index in [2.05, 4.69) is 0 Å². The first-order valence-electron chi connectivity index (χ1n) is 0. The fourth-order valence-corrected chi connectivity index (χ4v) is 0. The van der Waals surface area contributed by atoms with Crippen LogP contribution in [0.15, 0.2) is 0 Å². The Balaban J connectivity index is 0. The maximum Gasteiger partial charge on any atom is 0 e. The summed E-state index contributed by atoms with van der Waals surface area (Å²) >= 11 is 0. The van der Waals surface area contributed by atoms with Gasteiger partial charge in [-0.3, -0.25) is 0 Å². The molecule has 0 aliphatic carbocycles. The van der Waals surface area contributed by atoms with Gasteiger partial charge in [0.05, 0.1) is 0 Å². The summed E-state index contributed by atoms with van der Waals surface area (Å²) < 4.78 is 0. The number of hydrogen-bond acceptors (Lipinski definition) is 0. The van der Waals surface area contributed by atoms with E-state index >= 15 is 0 Å². The second-order valence-corrected chi connectivity index (χ2v) is 0. The van der Waals surface area contributed by atoms with E-state index in [9.17, 15) is 0 Å². The zero-order valence-electron chi connectivity index (χ0n) is 2.00. The molecule has 0 rings (SSSR count). The van der Waals surface area contributed by atoms with Crippen molar-refractivity contribution in [2.75, 3.05) is 0 Å². The summed E-state index contributed by atoms with van der Waals surface area (Å²) in [4.78, 5) is 0. The van der Waals surface area contributed by atoms with E-state index in [4.69, 9.17) is 0 Å². The molecule has 0 spiro atoms. The molecule has 0 saturated carbocycles. The van der Waals surface area contributed by atoms with Gasteiger partial charge in [-0.15, -0.1) is 0 Å². The predicted molar refractivity (Wildman–Crippen MR) is 5.75 cm³/mol. The van der Waals surface area contributed by atoms with Crippen molar-refractivity contribution in [3.05, 3.63) is 0 Å². The molecular formula is Nd3Sn. The smallest absolute Gasteiger partial charge is 0 e. The summed E-state index contributed by atoms with van der Waals surface area (Å²) in [6.07, 6.45) is 0. The Morgan fingerprint density at radius 2 is 0.500 bits per heavy atom. The zero-order valence-corrected chi connectivity index (χ0v) is 14.5. The number of rotatable bonds is 0. The molecule has 0 heterocycles. The van der Waals surface area contributed by atoms with Gasteiger partial charge in [0.1, 0.15) is 0 Å². The van der Waals surface area contributed by atoms with Crippen molar-refractivity contribution in [2.45, 2.75) is 0 Å². The van der Waals surface area contributed by atoms with E-state index in [-0.39, 0.29) is 146 Å². The molecule has 0 aromatic rings. The van der Waals surface area contributed by atoms with Crippen LogP contribution < -0.4 is 0 Å². The van der Waals surface area contributed by atoms with Gasteiger partial charge in [0.2, 0.25) is 0 Å². The molecule has 0 fully saturated rings. The summed E-state index contributed by atoms with van der Waals surface area (Å²) in [7, 11) is 0. The summed E-state index contributed by atoms with van der Waals surface area (Å²) in [5.74, 6) is 0. The van der Waals surface area contributed by atoms with Gasteiger partial charge in [-0.2, -0.15) is 0 Å². The quantitative estimate of drug-likeness (QED) is 0.361. The Morgan fingerprint density at radius 1 is 0.500 bits per heavy atom. The van der Waals surface area contributed by atoms with Crippen LogP contribution in [0.1, 0.15) is 0 Å². The van der Waals surface area contributed by atoms with Crippen LogP contribution in [0.25, 0.3) is 0 Å². The molecule has 4 heteroatoms. The van der Waals surface area contributed by atoms with Crippen molar-refractivity contribution >= 4 is 23.9 Å². The Bertz CT molecular complexity index is 3.25. The van der Waals surface area contributed by atoms with Crippen molar-refractivity contribution in [2.24, 2.45) is 0 Å². The van der Waals surface area contributed by atoms with E-state index in [0.29, 0.717) is 0 Å². The first kappa shape index (κ1) is 23.2. The second kappa shape index (κ2) is 15.7. The van der Waals surface area contributed by atoms with Gasteiger partial charge in [0.15, 0.2) is 0 Å². The molecule has 0 bridgehead atoms. The third-order valence-corrected chi connectivity index (χ3v) is 0. The molecule has 0 amide bonds. The standard InChI is InChI=1S/3Nd.Sn. The molecule has 0 N–H and O–H groups in total. The van der Waals surface area contributed by atoms with Crippen LogP contribution >= 0.6 is 0 Å². The largest absolute Gasteiger partial charge is 0 e. The van der Waals surface area contributed by atoms with E-state index in [1.54, 1.807) is 0 Å². The average molecular weight is 551 g/mol. The summed E-state index contributed by atoms with van der Waals surface area (Å²) in [5, 5.41) is 0. The summed E-state index contributed by atoms with van der Waals surface area (Å²) in [6, 6.07) is 0. The molecule has 0 saturated heterocycles. The summed E-state index contributed by atoms with van der Waals surface area (Å²) in [6.45, 7) is 0. The van der Waals surface area contributed by atoms with Gasteiger partial charge < -0.3 is 0 Å². The molecular weight excluding hydrogens is 551 g/mol. The maximum atomic E-state index is 0. The molecule has 4 heavy (non-hydrogen) atoms. The topological polar surface area (TPSA) is 0 Å². The fraction of sp³-hybridized carbons (Fsp3) is 0. The SMILES string of the molecule is [Nd].[Nd].[Nd].[Sn]. The normalized spacial score (nSPS) is 0. The van der Waals surface area contributed by atoms with Crippen molar-refractivity contribution in [3.63, 3.8) is 0 Å². The van der Waals surface area contributed by atoms with E-state index in [1.807, 2.05) is 0 Å². The maximum absolute atomic E-state index is 0. The number of hydrogen-bond donors (Lipinski definition) is 0. The van der Waals surface area contributed by atoms with E-state index in [1.165, 1.54) is 0 Å². The average Bonchev–Trinajstić information content (AvgIpc) is 0. The molecule has 0 aliphatic heterocycles. The van der Waals surface area contributed by atoms with Gasteiger partial charge in [0.25, 0.3) is 0 Å². The third kappa shape index (κ3) is 9.97. The molecule has 0 atom stereocenters. The Morgan fingerprint density at radius 3 is 0.500 bits per heavy atom. The zero-order chi connectivity index (χ0) is 0. The second-order valence-electron chi connectivity index (χ2n) is 0. The molecule has 0 aromatic heterocycles. The van der Waals surface area contributed by atoms with Gasteiger partial charge in [-0.25, -0.2) is 0 Å². The van der Waals surface area contributed by atoms with E-state index < -0.39 is 0 Å². The predicted octanol–water partition coefficient (Wildman–Crippen LogP) is -0.381. The molecule has 4 radical (unpaired) electrons. The van der Waals surface area contributed by atoms with Crippen LogP contribution in [0.4, 0.5) is 0 Å². The van der Waals surface area contributed by atoms with Crippen molar-refractivity contribution in [3.8, 4) is 0 Å². The molecule has 16 valence electrons. The van der Waals surface area contributed by atoms with Crippen molar-refractivity contribution in [1.82, 2.24) is 0 Å². The minimum Gasteiger partial charge on any atom is 0 e. The third-order valence-electron chi connectivity index (χ3n) is 0. The van der Waals surface area contributed by atoms with Crippen LogP contribution in [-0.4, -0.2) is 23.9 Å². The molecule has 0 nitrogen and oxygen atoms in total. The van der Waals surface area contributed by atoms with Crippen LogP contribution in [0, 0.1) is 123 Å². The first-order valence-corrected chi connectivity index (χ1v) is 0. The van der Waals surface area contributed by atoms with Crippen LogP contribution in [0.2, 0.25) is 0 Å². The minimum atomic E-state index is 0. The van der Waals surface area contributed by atoms with Gasteiger partial charge in [-0.1, -0.05) is 0 Å². The van der Waals surface area contributed by atoms with Crippen LogP contribution in [-0.2, 0) is 0 Å². The van der Waals surface area contributed by atoms with Gasteiger partial charge >= 0.3 is 0 Å². The summed E-state index contributed by atoms with van der Waals surface area (Å²) in [5.41, 5.74) is 0. The van der Waals surface area contributed by atoms with Crippen LogP contribution in [0.3, 0.4) is 0 Å². The Labute approximate surface area is 142 Å². The van der Waals surface area contributed by atoms with Gasteiger partial charge in [0, 0.05) is 146 Å². The fourth-order valence-electron chi connectivity index (χ4n) is 0.